The smallest absolute Gasteiger partial charge is 0.317 e. The largest absolute Gasteiger partial charge is 0.396 e. The quantitative estimate of drug-likeness (QED) is 0.896. The minimum absolute atomic E-state index is 0.0629. The van der Waals surface area contributed by atoms with Crippen molar-refractivity contribution in [1.29, 1.82) is 0 Å². The van der Waals surface area contributed by atoms with Crippen molar-refractivity contribution < 1.29 is 9.90 Å². The molecule has 1 fully saturated rings. The highest BCUT2D eigenvalue weighted by molar-refractivity contribution is 5.74. The molecule has 1 aliphatic rings. The lowest BCUT2D eigenvalue weighted by Crippen LogP contribution is -2.38. The Balaban J connectivity index is 1.52. The Hall–Kier alpha value is -2.34. The maximum atomic E-state index is 12.1. The van der Waals surface area contributed by atoms with Gasteiger partial charge >= 0.3 is 6.03 Å². The zero-order valence-electron chi connectivity index (χ0n) is 12.4. The van der Waals surface area contributed by atoms with Crippen molar-refractivity contribution in [2.24, 2.45) is 5.92 Å². The van der Waals surface area contributed by atoms with Crippen LogP contribution in [-0.4, -0.2) is 45.5 Å². The third kappa shape index (κ3) is 3.28. The number of likely N-dealkylation sites (tertiary alicyclic amines) is 1. The van der Waals surface area contributed by atoms with Gasteiger partial charge in [0.25, 0.3) is 0 Å². The van der Waals surface area contributed by atoms with Gasteiger partial charge in [-0.25, -0.2) is 9.48 Å². The second-order valence-electron chi connectivity index (χ2n) is 5.56. The minimum Gasteiger partial charge on any atom is -0.396 e. The first kappa shape index (κ1) is 14.6. The minimum atomic E-state index is -0.0629. The van der Waals surface area contributed by atoms with Crippen molar-refractivity contribution in [2.45, 2.75) is 13.0 Å². The van der Waals surface area contributed by atoms with Gasteiger partial charge in [0.15, 0.2) is 0 Å². The van der Waals surface area contributed by atoms with Gasteiger partial charge in [-0.3, -0.25) is 0 Å². The summed E-state index contributed by atoms with van der Waals surface area (Å²) in [4.78, 5) is 13.8. The second-order valence-corrected chi connectivity index (χ2v) is 5.56. The third-order valence-corrected chi connectivity index (χ3v) is 3.98. The van der Waals surface area contributed by atoms with Gasteiger partial charge in [-0.05, 0) is 30.2 Å². The van der Waals surface area contributed by atoms with Gasteiger partial charge in [-0.1, -0.05) is 12.1 Å². The van der Waals surface area contributed by atoms with Gasteiger partial charge in [0.1, 0.15) is 0 Å². The second kappa shape index (κ2) is 6.62. The van der Waals surface area contributed by atoms with Gasteiger partial charge in [-0.2, -0.15) is 5.10 Å². The van der Waals surface area contributed by atoms with Crippen molar-refractivity contribution in [3.8, 4) is 5.69 Å². The zero-order chi connectivity index (χ0) is 15.4. The molecule has 2 N–H and O–H groups in total. The fraction of sp³-hybridized carbons (Fsp3) is 0.375. The first-order valence-corrected chi connectivity index (χ1v) is 7.49. The fourth-order valence-corrected chi connectivity index (χ4v) is 2.64. The number of nitrogens with zero attached hydrogens (tertiary/aromatic N) is 3. The Morgan fingerprint density at radius 1 is 1.36 bits per heavy atom. The maximum absolute atomic E-state index is 12.1. The number of nitrogens with one attached hydrogen (secondary N) is 1. The van der Waals surface area contributed by atoms with E-state index in [0.29, 0.717) is 13.1 Å². The summed E-state index contributed by atoms with van der Waals surface area (Å²) < 4.78 is 1.79. The molecule has 2 amide bonds. The van der Waals surface area contributed by atoms with Crippen LogP contribution >= 0.6 is 0 Å². The number of aliphatic hydroxyl groups excluding tert-OH is 1. The van der Waals surface area contributed by atoms with Crippen molar-refractivity contribution in [3.05, 3.63) is 48.3 Å². The normalized spacial score (nSPS) is 17.7. The van der Waals surface area contributed by atoms with Crippen LogP contribution < -0.4 is 5.32 Å². The van der Waals surface area contributed by atoms with E-state index < -0.39 is 0 Å². The van der Waals surface area contributed by atoms with E-state index >= 15 is 0 Å². The number of carbonyl (C=O) groups excluding carboxylic acids is 1. The van der Waals surface area contributed by atoms with E-state index in [2.05, 4.69) is 10.4 Å². The van der Waals surface area contributed by atoms with E-state index in [1.165, 1.54) is 0 Å². The molecule has 1 atom stereocenters. The molecular formula is C16H20N4O2. The molecule has 0 unspecified atom stereocenters. The summed E-state index contributed by atoms with van der Waals surface area (Å²) in [5.41, 5.74) is 2.03. The molecule has 1 aliphatic heterocycles. The van der Waals surface area contributed by atoms with Crippen LogP contribution in [0.2, 0.25) is 0 Å². The molecule has 116 valence electrons. The Bertz CT molecular complexity index is 610. The first-order chi connectivity index (χ1) is 10.8. The Morgan fingerprint density at radius 2 is 2.18 bits per heavy atom. The van der Waals surface area contributed by atoms with Crippen LogP contribution in [0.15, 0.2) is 42.7 Å². The topological polar surface area (TPSA) is 70.4 Å². The molecule has 0 aliphatic carbocycles. The van der Waals surface area contributed by atoms with E-state index in [4.69, 9.17) is 5.11 Å². The number of urea groups is 1. The average Bonchev–Trinajstić information content (AvgIpc) is 3.24. The lowest BCUT2D eigenvalue weighted by atomic mass is 10.1. The highest BCUT2D eigenvalue weighted by Gasteiger charge is 2.25. The summed E-state index contributed by atoms with van der Waals surface area (Å²) >= 11 is 0. The monoisotopic (exact) mass is 300 g/mol. The van der Waals surface area contributed by atoms with Crippen LogP contribution in [0.4, 0.5) is 4.79 Å². The maximum Gasteiger partial charge on any atom is 0.317 e. The van der Waals surface area contributed by atoms with Crippen LogP contribution in [0.1, 0.15) is 12.0 Å². The number of carbonyl (C=O) groups is 1. The van der Waals surface area contributed by atoms with Gasteiger partial charge in [0.2, 0.25) is 0 Å². The highest BCUT2D eigenvalue weighted by Crippen LogP contribution is 2.15. The van der Waals surface area contributed by atoms with Gasteiger partial charge < -0.3 is 15.3 Å². The van der Waals surface area contributed by atoms with Crippen molar-refractivity contribution in [3.63, 3.8) is 0 Å². The lowest BCUT2D eigenvalue weighted by Gasteiger charge is -2.17. The molecule has 1 aromatic carbocycles. The summed E-state index contributed by atoms with van der Waals surface area (Å²) in [7, 11) is 0. The molecule has 0 spiro atoms. The highest BCUT2D eigenvalue weighted by atomic mass is 16.3. The molecule has 2 aromatic rings. The molecule has 1 saturated heterocycles. The fourth-order valence-electron chi connectivity index (χ4n) is 2.64. The summed E-state index contributed by atoms with van der Waals surface area (Å²) in [5, 5.41) is 16.2. The van der Waals surface area contributed by atoms with Crippen LogP contribution in [0.25, 0.3) is 5.69 Å². The molecule has 0 radical (unpaired) electrons. The Kier molecular flexibility index (Phi) is 4.39. The standard InChI is InChI=1S/C16H20N4O2/c21-12-14-6-9-19(11-14)16(22)17-10-13-2-4-15(5-3-13)20-8-1-7-18-20/h1-5,7-8,14,21H,6,9-12H2,(H,17,22)/t14-/m1/s1. The van der Waals surface area contributed by atoms with Gasteiger partial charge in [0.05, 0.1) is 5.69 Å². The number of aromatic nitrogens is 2. The molecule has 1 aromatic heterocycles. The third-order valence-electron chi connectivity index (χ3n) is 3.98. The van der Waals surface area contributed by atoms with E-state index in [1.54, 1.807) is 15.8 Å². The number of amides is 2. The molecule has 6 heteroatoms. The summed E-state index contributed by atoms with van der Waals surface area (Å²) in [5.74, 6) is 0.221. The summed E-state index contributed by atoms with van der Waals surface area (Å²) in [6.07, 6.45) is 4.51. The number of hydrogen-bond acceptors (Lipinski definition) is 3. The summed E-state index contributed by atoms with van der Waals surface area (Å²) in [6, 6.07) is 9.74. The molecule has 22 heavy (non-hydrogen) atoms. The first-order valence-electron chi connectivity index (χ1n) is 7.49. The van der Waals surface area contributed by atoms with Crippen molar-refractivity contribution >= 4 is 6.03 Å². The molecule has 2 heterocycles. The van der Waals surface area contributed by atoms with Gasteiger partial charge in [0, 0.05) is 44.6 Å². The molecular weight excluding hydrogens is 280 g/mol. The van der Waals surface area contributed by atoms with Crippen molar-refractivity contribution in [2.75, 3.05) is 19.7 Å². The zero-order valence-corrected chi connectivity index (χ0v) is 12.4. The van der Waals surface area contributed by atoms with Crippen molar-refractivity contribution in [1.82, 2.24) is 20.0 Å². The predicted molar refractivity (Wildman–Crippen MR) is 82.6 cm³/mol. The Labute approximate surface area is 129 Å². The lowest BCUT2D eigenvalue weighted by molar-refractivity contribution is 0.198. The predicted octanol–water partition coefficient (Wildman–Crippen LogP) is 1.40. The van der Waals surface area contributed by atoms with Crippen LogP contribution in [0.3, 0.4) is 0 Å². The van der Waals surface area contributed by atoms with E-state index in [-0.39, 0.29) is 18.6 Å². The number of benzene rings is 1. The van der Waals surface area contributed by atoms with E-state index in [1.807, 2.05) is 36.5 Å². The SMILES string of the molecule is O=C(NCc1ccc(-n2cccn2)cc1)N1CC[C@@H](CO)C1. The Morgan fingerprint density at radius 3 is 2.82 bits per heavy atom. The summed E-state index contributed by atoms with van der Waals surface area (Å²) in [6.45, 7) is 2.01. The molecule has 0 bridgehead atoms. The van der Waals surface area contributed by atoms with Crippen LogP contribution in [0, 0.1) is 5.92 Å². The molecule has 0 saturated carbocycles. The average molecular weight is 300 g/mol. The van der Waals surface area contributed by atoms with Gasteiger partial charge in [-0.15, -0.1) is 0 Å². The van der Waals surface area contributed by atoms with E-state index in [9.17, 15) is 4.79 Å². The van der Waals surface area contributed by atoms with Crippen LogP contribution in [0.5, 0.6) is 0 Å². The number of rotatable bonds is 4. The molecule has 3 rings (SSSR count). The van der Waals surface area contributed by atoms with Crippen LogP contribution in [-0.2, 0) is 6.54 Å². The van der Waals surface area contributed by atoms with E-state index in [0.717, 1.165) is 24.2 Å². The number of hydrogen-bond donors (Lipinski definition) is 2. The number of aliphatic hydroxyl groups is 1. The molecule has 6 nitrogen and oxygen atoms in total.